The van der Waals surface area contributed by atoms with Crippen LogP contribution in [0.4, 0.5) is 0 Å². The second kappa shape index (κ2) is 6.89. The van der Waals surface area contributed by atoms with Gasteiger partial charge in [0, 0.05) is 29.0 Å². The maximum atomic E-state index is 4.78. The molecule has 0 bridgehead atoms. The molecule has 0 atom stereocenters. The summed E-state index contributed by atoms with van der Waals surface area (Å²) in [6.07, 6.45) is 0. The molecule has 120 valence electrons. The minimum Gasteiger partial charge on any atom is -0.223 e. The first-order valence-electron chi connectivity index (χ1n) is 6.69. The fourth-order valence-electron chi connectivity index (χ4n) is 2.20. The average Bonchev–Trinajstić information content (AvgIpc) is 3.10. The van der Waals surface area contributed by atoms with E-state index in [-0.39, 0.29) is 0 Å². The normalized spacial score (nSPS) is 11.3. The third kappa shape index (κ3) is 3.29. The lowest BCUT2D eigenvalue weighted by molar-refractivity contribution is 1.46. The van der Waals surface area contributed by atoms with Crippen LogP contribution in [-0.2, 0) is 0 Å². The van der Waals surface area contributed by atoms with Crippen LogP contribution in [0, 0.1) is 0 Å². The molecule has 0 saturated carbocycles. The van der Waals surface area contributed by atoms with Gasteiger partial charge in [-0.15, -0.1) is 0 Å². The van der Waals surface area contributed by atoms with Crippen molar-refractivity contribution >= 4 is 96.1 Å². The summed E-state index contributed by atoms with van der Waals surface area (Å²) in [4.78, 5) is 11.5. The molecule has 0 radical (unpaired) electrons. The largest absolute Gasteiger partial charge is 0.223 e. The SMILES string of the molecule is Brc1ccc(Br)c(-c2nc3sc(-c4cc(Br)ccc4Br)nc3s2)c1. The minimum absolute atomic E-state index is 0.962. The topological polar surface area (TPSA) is 25.8 Å². The van der Waals surface area contributed by atoms with Crippen LogP contribution in [0.5, 0.6) is 0 Å². The number of halogens is 4. The summed E-state index contributed by atoms with van der Waals surface area (Å²) < 4.78 is 4.13. The fraction of sp³-hybridized carbons (Fsp3) is 0. The molecule has 4 aromatic rings. The van der Waals surface area contributed by atoms with E-state index in [0.717, 1.165) is 48.7 Å². The highest BCUT2D eigenvalue weighted by molar-refractivity contribution is 9.11. The number of nitrogens with zero attached hydrogens (tertiary/aromatic N) is 2. The third-order valence-electron chi connectivity index (χ3n) is 3.29. The number of hydrogen-bond acceptors (Lipinski definition) is 4. The molecule has 2 aromatic heterocycles. The van der Waals surface area contributed by atoms with Crippen molar-refractivity contribution in [3.05, 3.63) is 54.3 Å². The molecule has 0 spiro atoms. The molecule has 0 amide bonds. The Morgan fingerprint density at radius 3 is 1.46 bits per heavy atom. The summed E-state index contributed by atoms with van der Waals surface area (Å²) in [6, 6.07) is 12.2. The summed E-state index contributed by atoms with van der Waals surface area (Å²) >= 11 is 17.5. The van der Waals surface area contributed by atoms with Crippen LogP contribution in [0.3, 0.4) is 0 Å². The lowest BCUT2D eigenvalue weighted by atomic mass is 10.2. The molecule has 2 heterocycles. The molecule has 0 saturated heterocycles. The maximum absolute atomic E-state index is 4.78. The number of hydrogen-bond donors (Lipinski definition) is 0. The molecule has 4 rings (SSSR count). The highest BCUT2D eigenvalue weighted by Crippen LogP contribution is 2.41. The Morgan fingerprint density at radius 1 is 0.625 bits per heavy atom. The van der Waals surface area contributed by atoms with Crippen LogP contribution in [0.15, 0.2) is 54.3 Å². The van der Waals surface area contributed by atoms with Crippen molar-refractivity contribution in [3.63, 3.8) is 0 Å². The number of thiazole rings is 2. The monoisotopic (exact) mass is 606 g/mol. The predicted molar refractivity (Wildman–Crippen MR) is 117 cm³/mol. The lowest BCUT2D eigenvalue weighted by Crippen LogP contribution is -1.79. The smallest absolute Gasteiger partial charge is 0.155 e. The Bertz CT molecular complexity index is 959. The summed E-state index contributed by atoms with van der Waals surface area (Å²) in [5.74, 6) is 0. The van der Waals surface area contributed by atoms with E-state index in [2.05, 4.69) is 75.9 Å². The Hall–Kier alpha value is -0.120. The first kappa shape index (κ1) is 17.3. The standard InChI is InChI=1S/C16H6Br4N2S2/c17-7-1-3-11(19)9(5-7)13-21-15-16(23-13)22-14(24-15)10-6-8(18)2-4-12(10)20/h1-6H. The van der Waals surface area contributed by atoms with Gasteiger partial charge in [-0.1, -0.05) is 86.4 Å². The first-order chi connectivity index (χ1) is 11.5. The van der Waals surface area contributed by atoms with E-state index in [9.17, 15) is 0 Å². The highest BCUT2D eigenvalue weighted by atomic mass is 79.9. The summed E-state index contributed by atoms with van der Waals surface area (Å²) in [5, 5.41) is 1.94. The van der Waals surface area contributed by atoms with Gasteiger partial charge in [0.15, 0.2) is 9.66 Å². The molecular weight excluding hydrogens is 604 g/mol. The Kier molecular flexibility index (Phi) is 4.96. The zero-order valence-electron chi connectivity index (χ0n) is 11.7. The van der Waals surface area contributed by atoms with E-state index < -0.39 is 0 Å². The lowest BCUT2D eigenvalue weighted by Gasteiger charge is -2.02. The summed E-state index contributed by atoms with van der Waals surface area (Å²) in [5.41, 5.74) is 2.15. The van der Waals surface area contributed by atoms with E-state index in [0.29, 0.717) is 0 Å². The molecule has 8 heteroatoms. The highest BCUT2D eigenvalue weighted by Gasteiger charge is 2.16. The van der Waals surface area contributed by atoms with Crippen molar-refractivity contribution in [1.29, 1.82) is 0 Å². The van der Waals surface area contributed by atoms with Crippen molar-refractivity contribution in [2.45, 2.75) is 0 Å². The van der Waals surface area contributed by atoms with Crippen molar-refractivity contribution in [2.75, 3.05) is 0 Å². The van der Waals surface area contributed by atoms with E-state index in [1.165, 1.54) is 0 Å². The third-order valence-corrected chi connectivity index (χ3v) is 7.76. The summed E-state index contributed by atoms with van der Waals surface area (Å²) in [6.45, 7) is 0. The molecule has 0 aliphatic heterocycles. The van der Waals surface area contributed by atoms with Gasteiger partial charge < -0.3 is 0 Å². The van der Waals surface area contributed by atoms with Crippen LogP contribution >= 0.6 is 86.4 Å². The quantitative estimate of drug-likeness (QED) is 0.229. The molecule has 0 aliphatic carbocycles. The van der Waals surface area contributed by atoms with E-state index in [4.69, 9.17) is 9.97 Å². The molecule has 0 fully saturated rings. The van der Waals surface area contributed by atoms with E-state index >= 15 is 0 Å². The molecule has 0 unspecified atom stereocenters. The van der Waals surface area contributed by atoms with E-state index in [1.807, 2.05) is 24.3 Å². The van der Waals surface area contributed by atoms with Crippen molar-refractivity contribution in [1.82, 2.24) is 9.97 Å². The van der Waals surface area contributed by atoms with Crippen LogP contribution in [0.1, 0.15) is 0 Å². The van der Waals surface area contributed by atoms with Gasteiger partial charge in [0.2, 0.25) is 0 Å². The fourth-order valence-corrected chi connectivity index (χ4v) is 6.15. The van der Waals surface area contributed by atoms with E-state index in [1.54, 1.807) is 22.7 Å². The number of fused-ring (bicyclic) bond motifs is 1. The second-order valence-electron chi connectivity index (χ2n) is 4.90. The van der Waals surface area contributed by atoms with Crippen LogP contribution in [0.2, 0.25) is 0 Å². The van der Waals surface area contributed by atoms with Gasteiger partial charge in [-0.2, -0.15) is 0 Å². The van der Waals surface area contributed by atoms with Crippen LogP contribution in [-0.4, -0.2) is 9.97 Å². The van der Waals surface area contributed by atoms with Gasteiger partial charge in [-0.05, 0) is 36.4 Å². The molecule has 24 heavy (non-hydrogen) atoms. The average molecular weight is 610 g/mol. The molecular formula is C16H6Br4N2S2. The first-order valence-corrected chi connectivity index (χ1v) is 11.5. The van der Waals surface area contributed by atoms with Gasteiger partial charge in [0.25, 0.3) is 0 Å². The Labute approximate surface area is 179 Å². The van der Waals surface area contributed by atoms with Crippen molar-refractivity contribution in [2.24, 2.45) is 0 Å². The molecule has 2 nitrogen and oxygen atoms in total. The Morgan fingerprint density at radius 2 is 1.04 bits per heavy atom. The zero-order chi connectivity index (χ0) is 16.8. The van der Waals surface area contributed by atoms with Crippen molar-refractivity contribution in [3.8, 4) is 21.1 Å². The van der Waals surface area contributed by atoms with Gasteiger partial charge >= 0.3 is 0 Å². The van der Waals surface area contributed by atoms with Gasteiger partial charge in [0.05, 0.1) is 0 Å². The summed E-state index contributed by atoms with van der Waals surface area (Å²) in [7, 11) is 0. The zero-order valence-corrected chi connectivity index (χ0v) is 19.7. The molecule has 0 aliphatic rings. The number of rotatable bonds is 2. The van der Waals surface area contributed by atoms with Crippen LogP contribution < -0.4 is 0 Å². The van der Waals surface area contributed by atoms with Crippen LogP contribution in [0.25, 0.3) is 30.8 Å². The predicted octanol–water partition coefficient (Wildman–Crippen LogP) is 8.14. The molecule has 2 aromatic carbocycles. The van der Waals surface area contributed by atoms with Gasteiger partial charge in [-0.3, -0.25) is 0 Å². The minimum atomic E-state index is 0.962. The Balaban J connectivity index is 1.81. The van der Waals surface area contributed by atoms with Crippen molar-refractivity contribution < 1.29 is 0 Å². The number of aromatic nitrogens is 2. The number of benzene rings is 2. The second-order valence-corrected chi connectivity index (χ2v) is 10.4. The maximum Gasteiger partial charge on any atom is 0.155 e. The molecule has 0 N–H and O–H groups in total. The van der Waals surface area contributed by atoms with Gasteiger partial charge in [0.1, 0.15) is 10.0 Å². The van der Waals surface area contributed by atoms with Gasteiger partial charge in [-0.25, -0.2) is 9.97 Å².